The van der Waals surface area contributed by atoms with Gasteiger partial charge in [0.05, 0.1) is 5.69 Å². The Morgan fingerprint density at radius 1 is 1.43 bits per heavy atom. The van der Waals surface area contributed by atoms with E-state index < -0.39 is 0 Å². The average Bonchev–Trinajstić information content (AvgIpc) is 2.21. The van der Waals surface area contributed by atoms with E-state index in [1.54, 1.807) is 0 Å². The van der Waals surface area contributed by atoms with Crippen molar-refractivity contribution in [3.8, 4) is 0 Å². The second-order valence-corrected chi connectivity index (χ2v) is 4.60. The molecular formula is C10H17N3S. The molecule has 1 N–H and O–H groups in total. The van der Waals surface area contributed by atoms with E-state index in [1.165, 1.54) is 0 Å². The first-order chi connectivity index (χ1) is 6.72. The standard InChI is InChI=1S/C10H17N3S/c1-8-4-5-10(13-12-8)11-7-6-9(2)14-3/h4-5,9H,6-7H2,1-3H3,(H,11,13). The largest absolute Gasteiger partial charge is 0.369 e. The van der Waals surface area contributed by atoms with Crippen molar-refractivity contribution in [3.05, 3.63) is 17.8 Å². The zero-order valence-electron chi connectivity index (χ0n) is 8.95. The summed E-state index contributed by atoms with van der Waals surface area (Å²) in [6, 6.07) is 3.93. The number of aryl methyl sites for hydroxylation is 1. The van der Waals surface area contributed by atoms with Gasteiger partial charge in [-0.2, -0.15) is 16.9 Å². The minimum Gasteiger partial charge on any atom is -0.369 e. The molecule has 0 aliphatic carbocycles. The minimum atomic E-state index is 0.695. The summed E-state index contributed by atoms with van der Waals surface area (Å²) in [6.45, 7) is 5.12. The van der Waals surface area contributed by atoms with Crippen LogP contribution < -0.4 is 5.32 Å². The molecule has 0 radical (unpaired) electrons. The van der Waals surface area contributed by atoms with Crippen molar-refractivity contribution in [2.75, 3.05) is 18.1 Å². The molecule has 14 heavy (non-hydrogen) atoms. The van der Waals surface area contributed by atoms with Gasteiger partial charge in [-0.1, -0.05) is 6.92 Å². The van der Waals surface area contributed by atoms with E-state index >= 15 is 0 Å². The number of hydrogen-bond acceptors (Lipinski definition) is 4. The topological polar surface area (TPSA) is 37.8 Å². The highest BCUT2D eigenvalue weighted by Crippen LogP contribution is 2.09. The van der Waals surface area contributed by atoms with Gasteiger partial charge in [0.1, 0.15) is 5.82 Å². The molecule has 3 nitrogen and oxygen atoms in total. The maximum absolute atomic E-state index is 4.03. The molecular weight excluding hydrogens is 194 g/mol. The lowest BCUT2D eigenvalue weighted by Crippen LogP contribution is -2.09. The highest BCUT2D eigenvalue weighted by Gasteiger charge is 1.99. The van der Waals surface area contributed by atoms with Crippen molar-refractivity contribution in [1.29, 1.82) is 0 Å². The maximum Gasteiger partial charge on any atom is 0.148 e. The molecule has 1 rings (SSSR count). The summed E-state index contributed by atoms with van der Waals surface area (Å²) in [4.78, 5) is 0. The van der Waals surface area contributed by atoms with Crippen LogP contribution in [0.1, 0.15) is 19.0 Å². The van der Waals surface area contributed by atoms with Crippen LogP contribution in [0.25, 0.3) is 0 Å². The van der Waals surface area contributed by atoms with Gasteiger partial charge < -0.3 is 5.32 Å². The molecule has 1 atom stereocenters. The zero-order chi connectivity index (χ0) is 10.4. The number of rotatable bonds is 5. The molecule has 0 aliphatic rings. The van der Waals surface area contributed by atoms with Crippen LogP contribution in [0.3, 0.4) is 0 Å². The molecule has 1 heterocycles. The van der Waals surface area contributed by atoms with E-state index in [-0.39, 0.29) is 0 Å². The molecule has 0 fully saturated rings. The number of hydrogen-bond donors (Lipinski definition) is 1. The Balaban J connectivity index is 2.28. The van der Waals surface area contributed by atoms with Gasteiger partial charge >= 0.3 is 0 Å². The molecule has 4 heteroatoms. The Bertz CT molecular complexity index is 261. The van der Waals surface area contributed by atoms with Crippen LogP contribution in [0.4, 0.5) is 5.82 Å². The fraction of sp³-hybridized carbons (Fsp3) is 0.600. The van der Waals surface area contributed by atoms with E-state index in [9.17, 15) is 0 Å². The molecule has 0 saturated carbocycles. The van der Waals surface area contributed by atoms with Gasteiger partial charge in [-0.05, 0) is 31.7 Å². The van der Waals surface area contributed by atoms with Gasteiger partial charge in [-0.15, -0.1) is 5.10 Å². The third-order valence-corrected chi connectivity index (χ3v) is 3.10. The van der Waals surface area contributed by atoms with E-state index in [0.717, 1.165) is 24.5 Å². The van der Waals surface area contributed by atoms with Gasteiger partial charge in [0.15, 0.2) is 0 Å². The van der Waals surface area contributed by atoms with E-state index in [1.807, 2.05) is 30.8 Å². The van der Waals surface area contributed by atoms with Crippen molar-refractivity contribution >= 4 is 17.6 Å². The molecule has 1 aromatic rings. The third kappa shape index (κ3) is 3.96. The normalized spacial score (nSPS) is 12.5. The number of nitrogens with zero attached hydrogens (tertiary/aromatic N) is 2. The van der Waals surface area contributed by atoms with Crippen molar-refractivity contribution in [2.24, 2.45) is 0 Å². The summed E-state index contributed by atoms with van der Waals surface area (Å²) in [5.74, 6) is 0.865. The summed E-state index contributed by atoms with van der Waals surface area (Å²) in [6.07, 6.45) is 3.28. The number of thioether (sulfide) groups is 1. The number of anilines is 1. The van der Waals surface area contributed by atoms with Gasteiger partial charge in [-0.3, -0.25) is 0 Å². The van der Waals surface area contributed by atoms with Crippen LogP contribution >= 0.6 is 11.8 Å². The van der Waals surface area contributed by atoms with Gasteiger partial charge in [0, 0.05) is 11.8 Å². The van der Waals surface area contributed by atoms with Crippen molar-refractivity contribution in [1.82, 2.24) is 10.2 Å². The monoisotopic (exact) mass is 211 g/mol. The smallest absolute Gasteiger partial charge is 0.148 e. The maximum atomic E-state index is 4.03. The first-order valence-electron chi connectivity index (χ1n) is 4.79. The van der Waals surface area contributed by atoms with Gasteiger partial charge in [0.25, 0.3) is 0 Å². The quantitative estimate of drug-likeness (QED) is 0.811. The van der Waals surface area contributed by atoms with Gasteiger partial charge in [-0.25, -0.2) is 0 Å². The average molecular weight is 211 g/mol. The SMILES string of the molecule is CSC(C)CCNc1ccc(C)nn1. The van der Waals surface area contributed by atoms with Crippen LogP contribution in [0, 0.1) is 6.92 Å². The Kier molecular flexibility index (Phi) is 4.73. The van der Waals surface area contributed by atoms with Crippen molar-refractivity contribution in [3.63, 3.8) is 0 Å². The lowest BCUT2D eigenvalue weighted by Gasteiger charge is -2.08. The molecule has 0 aliphatic heterocycles. The Labute approximate surface area is 89.7 Å². The summed E-state index contributed by atoms with van der Waals surface area (Å²) >= 11 is 1.89. The number of aromatic nitrogens is 2. The molecule has 78 valence electrons. The highest BCUT2D eigenvalue weighted by molar-refractivity contribution is 7.99. The molecule has 0 bridgehead atoms. The van der Waals surface area contributed by atoms with Crippen LogP contribution in [-0.4, -0.2) is 28.2 Å². The van der Waals surface area contributed by atoms with Crippen LogP contribution in [0.15, 0.2) is 12.1 Å². The molecule has 0 spiro atoms. The summed E-state index contributed by atoms with van der Waals surface area (Å²) in [7, 11) is 0. The Morgan fingerprint density at radius 2 is 2.21 bits per heavy atom. The predicted octanol–water partition coefficient (Wildman–Crippen LogP) is 2.34. The predicted molar refractivity (Wildman–Crippen MR) is 62.9 cm³/mol. The van der Waals surface area contributed by atoms with Crippen LogP contribution in [0.5, 0.6) is 0 Å². The Morgan fingerprint density at radius 3 is 2.79 bits per heavy atom. The van der Waals surface area contributed by atoms with Crippen molar-refractivity contribution in [2.45, 2.75) is 25.5 Å². The second kappa shape index (κ2) is 5.86. The van der Waals surface area contributed by atoms with Crippen molar-refractivity contribution < 1.29 is 0 Å². The molecule has 0 aromatic carbocycles. The van der Waals surface area contributed by atoms with Crippen LogP contribution in [-0.2, 0) is 0 Å². The first-order valence-corrected chi connectivity index (χ1v) is 6.08. The summed E-state index contributed by atoms with van der Waals surface area (Å²) in [5.41, 5.74) is 0.952. The Hall–Kier alpha value is -0.770. The molecule has 0 amide bonds. The zero-order valence-corrected chi connectivity index (χ0v) is 9.77. The lowest BCUT2D eigenvalue weighted by atomic mass is 10.3. The van der Waals surface area contributed by atoms with Crippen LogP contribution in [0.2, 0.25) is 0 Å². The van der Waals surface area contributed by atoms with Gasteiger partial charge in [0.2, 0.25) is 0 Å². The minimum absolute atomic E-state index is 0.695. The number of nitrogens with one attached hydrogen (secondary N) is 1. The fourth-order valence-electron chi connectivity index (χ4n) is 1.01. The lowest BCUT2D eigenvalue weighted by molar-refractivity contribution is 0.843. The van der Waals surface area contributed by atoms with E-state index in [2.05, 4.69) is 28.7 Å². The molecule has 1 aromatic heterocycles. The fourth-order valence-corrected chi connectivity index (χ4v) is 1.37. The second-order valence-electron chi connectivity index (χ2n) is 3.32. The third-order valence-electron chi connectivity index (χ3n) is 2.06. The van der Waals surface area contributed by atoms with E-state index in [4.69, 9.17) is 0 Å². The highest BCUT2D eigenvalue weighted by atomic mass is 32.2. The molecule has 0 saturated heterocycles. The molecule has 1 unspecified atom stereocenters. The van der Waals surface area contributed by atoms with E-state index in [0.29, 0.717) is 5.25 Å². The summed E-state index contributed by atoms with van der Waals surface area (Å²) in [5, 5.41) is 12.0. The summed E-state index contributed by atoms with van der Waals surface area (Å²) < 4.78 is 0. The first kappa shape index (κ1) is 11.3.